The van der Waals surface area contributed by atoms with E-state index < -0.39 is 31.8 Å². The molecule has 2 N–H and O–H groups in total. The maximum atomic E-state index is 12.8. The number of hydrazine groups is 2. The fourth-order valence-corrected chi connectivity index (χ4v) is 3.57. The molecular formula is C14H13Cl2F3N4O4S2. The fraction of sp³-hybridized carbons (Fsp3) is 0.214. The van der Waals surface area contributed by atoms with Gasteiger partial charge in [0.25, 0.3) is 0 Å². The molecular weight excluding hydrogens is 480 g/mol. The van der Waals surface area contributed by atoms with Gasteiger partial charge in [-0.05, 0) is 18.2 Å². The van der Waals surface area contributed by atoms with Gasteiger partial charge in [-0.3, -0.25) is 4.98 Å². The number of anilines is 1. The van der Waals surface area contributed by atoms with E-state index in [-0.39, 0.29) is 27.0 Å². The van der Waals surface area contributed by atoms with Gasteiger partial charge in [0.2, 0.25) is 20.0 Å². The number of benzene rings is 1. The predicted molar refractivity (Wildman–Crippen MR) is 103 cm³/mol. The first kappa shape index (κ1) is 23.6. The van der Waals surface area contributed by atoms with E-state index >= 15 is 0 Å². The number of alkyl halides is 3. The first-order valence-corrected chi connectivity index (χ1v) is 11.9. The van der Waals surface area contributed by atoms with Crippen molar-refractivity contribution in [1.82, 2.24) is 14.6 Å². The molecule has 0 amide bonds. The van der Waals surface area contributed by atoms with Crippen molar-refractivity contribution in [3.8, 4) is 11.3 Å². The quantitative estimate of drug-likeness (QED) is 0.600. The lowest BCUT2D eigenvalue weighted by Gasteiger charge is -2.25. The summed E-state index contributed by atoms with van der Waals surface area (Å²) < 4.78 is 84.7. The second kappa shape index (κ2) is 8.24. The summed E-state index contributed by atoms with van der Waals surface area (Å²) in [5, 5.41) is 0.130. The minimum absolute atomic E-state index is 0.0590. The molecule has 0 aliphatic carbocycles. The highest BCUT2D eigenvalue weighted by Gasteiger charge is 2.31. The lowest BCUT2D eigenvalue weighted by atomic mass is 10.1. The van der Waals surface area contributed by atoms with Crippen molar-refractivity contribution in [3.63, 3.8) is 0 Å². The van der Waals surface area contributed by atoms with Crippen molar-refractivity contribution >= 4 is 48.9 Å². The van der Waals surface area contributed by atoms with Gasteiger partial charge in [0, 0.05) is 11.8 Å². The highest BCUT2D eigenvalue weighted by Crippen LogP contribution is 2.36. The number of hydrogen-bond donors (Lipinski definition) is 2. The van der Waals surface area contributed by atoms with Crippen LogP contribution >= 0.6 is 23.2 Å². The van der Waals surface area contributed by atoms with Gasteiger partial charge in [-0.15, -0.1) is 9.66 Å². The second-order valence-corrected chi connectivity index (χ2v) is 10.0. The molecule has 1 aromatic heterocycles. The third-order valence-electron chi connectivity index (χ3n) is 3.14. The molecule has 0 atom stereocenters. The Morgan fingerprint density at radius 1 is 0.966 bits per heavy atom. The van der Waals surface area contributed by atoms with E-state index in [1.165, 1.54) is 18.2 Å². The van der Waals surface area contributed by atoms with Gasteiger partial charge in [0.15, 0.2) is 0 Å². The third kappa shape index (κ3) is 6.69. The van der Waals surface area contributed by atoms with Crippen LogP contribution in [0.4, 0.5) is 18.9 Å². The number of sulfonamides is 2. The standard InChI is InChI=1S/C14H13Cl2F3N4O4S2/c1-28(24,25)21-23(22-29(2,26)27)12-5-8(3-4-10(12)15)13-11(16)6-9(7-20-13)14(17,18)19/h3-7,21-22H,1-2H3. The molecule has 8 nitrogen and oxygen atoms in total. The largest absolute Gasteiger partial charge is 0.417 e. The molecule has 2 rings (SSSR count). The Kier molecular flexibility index (Phi) is 6.72. The molecule has 15 heteroatoms. The maximum absolute atomic E-state index is 12.8. The molecule has 0 saturated carbocycles. The Bertz CT molecular complexity index is 1110. The highest BCUT2D eigenvalue weighted by atomic mass is 35.5. The van der Waals surface area contributed by atoms with Gasteiger partial charge in [0.05, 0.1) is 39.5 Å². The summed E-state index contributed by atoms with van der Waals surface area (Å²) in [6.07, 6.45) is -2.52. The van der Waals surface area contributed by atoms with E-state index in [1.807, 2.05) is 9.66 Å². The highest BCUT2D eigenvalue weighted by molar-refractivity contribution is 7.89. The molecule has 0 radical (unpaired) electrons. The summed E-state index contributed by atoms with van der Waals surface area (Å²) in [7, 11) is -7.89. The van der Waals surface area contributed by atoms with Gasteiger partial charge < -0.3 is 0 Å². The summed E-state index contributed by atoms with van der Waals surface area (Å²) in [6, 6.07) is 4.51. The summed E-state index contributed by atoms with van der Waals surface area (Å²) in [5.41, 5.74) is -1.13. The van der Waals surface area contributed by atoms with Gasteiger partial charge >= 0.3 is 6.18 Å². The Hall–Kier alpha value is -1.64. The molecule has 0 spiro atoms. The fourth-order valence-electron chi connectivity index (χ4n) is 2.09. The van der Waals surface area contributed by atoms with E-state index in [4.69, 9.17) is 23.2 Å². The first-order chi connectivity index (χ1) is 13.1. The minimum Gasteiger partial charge on any atom is -0.254 e. The molecule has 0 aliphatic rings. The molecule has 29 heavy (non-hydrogen) atoms. The average molecular weight is 493 g/mol. The summed E-state index contributed by atoms with van der Waals surface area (Å²) in [6.45, 7) is 0. The average Bonchev–Trinajstić information content (AvgIpc) is 2.51. The van der Waals surface area contributed by atoms with Gasteiger partial charge in [-0.2, -0.15) is 13.2 Å². The van der Waals surface area contributed by atoms with Crippen molar-refractivity contribution in [2.75, 3.05) is 17.6 Å². The maximum Gasteiger partial charge on any atom is 0.417 e. The van der Waals surface area contributed by atoms with Crippen LogP contribution in [0.15, 0.2) is 30.5 Å². The zero-order valence-electron chi connectivity index (χ0n) is 14.6. The minimum atomic E-state index is -4.64. The lowest BCUT2D eigenvalue weighted by Crippen LogP contribution is -2.52. The van der Waals surface area contributed by atoms with Crippen LogP contribution in [0.5, 0.6) is 0 Å². The predicted octanol–water partition coefficient (Wildman–Crippen LogP) is 2.81. The van der Waals surface area contributed by atoms with Crippen LogP contribution < -0.4 is 14.8 Å². The van der Waals surface area contributed by atoms with Gasteiger partial charge in [-0.1, -0.05) is 29.3 Å². The normalized spacial score (nSPS) is 12.8. The smallest absolute Gasteiger partial charge is 0.254 e. The molecule has 0 fully saturated rings. The van der Waals surface area contributed by atoms with Crippen molar-refractivity contribution in [2.45, 2.75) is 6.18 Å². The van der Waals surface area contributed by atoms with E-state index in [2.05, 4.69) is 4.98 Å². The number of hydrogen-bond acceptors (Lipinski definition) is 6. The molecule has 1 aromatic carbocycles. The molecule has 2 aromatic rings. The summed E-state index contributed by atoms with van der Waals surface area (Å²) >= 11 is 12.0. The van der Waals surface area contributed by atoms with Crippen LogP contribution in [0.25, 0.3) is 11.3 Å². The van der Waals surface area contributed by atoms with Crippen LogP contribution in [0.2, 0.25) is 10.0 Å². The molecule has 0 saturated heterocycles. The van der Waals surface area contributed by atoms with E-state index in [0.29, 0.717) is 17.4 Å². The zero-order chi connectivity index (χ0) is 22.2. The number of nitrogens with zero attached hydrogens (tertiary/aromatic N) is 2. The van der Waals surface area contributed by atoms with Crippen molar-refractivity contribution < 1.29 is 30.0 Å². The van der Waals surface area contributed by atoms with Crippen molar-refractivity contribution in [3.05, 3.63) is 46.1 Å². The number of nitrogens with one attached hydrogen (secondary N) is 2. The Balaban J connectivity index is 2.58. The first-order valence-electron chi connectivity index (χ1n) is 7.34. The summed E-state index contributed by atoms with van der Waals surface area (Å²) in [5.74, 6) is 0. The SMILES string of the molecule is CS(=O)(=O)NN(NS(C)(=O)=O)c1cc(-c2ncc(C(F)(F)F)cc2Cl)ccc1Cl. The van der Waals surface area contributed by atoms with Crippen LogP contribution in [0, 0.1) is 0 Å². The van der Waals surface area contributed by atoms with Gasteiger partial charge in [0.1, 0.15) is 0 Å². The van der Waals surface area contributed by atoms with E-state index in [1.54, 1.807) is 0 Å². The zero-order valence-corrected chi connectivity index (χ0v) is 17.8. The lowest BCUT2D eigenvalue weighted by molar-refractivity contribution is -0.137. The molecule has 160 valence electrons. The van der Waals surface area contributed by atoms with E-state index in [0.717, 1.165) is 12.5 Å². The monoisotopic (exact) mass is 492 g/mol. The number of aromatic nitrogens is 1. The Morgan fingerprint density at radius 3 is 1.97 bits per heavy atom. The van der Waals surface area contributed by atoms with Crippen LogP contribution in [0.3, 0.4) is 0 Å². The number of halogens is 5. The summed E-state index contributed by atoms with van der Waals surface area (Å²) in [4.78, 5) is 7.55. The second-order valence-electron chi connectivity index (χ2n) is 5.78. The number of pyridine rings is 1. The van der Waals surface area contributed by atoms with Gasteiger partial charge in [-0.25, -0.2) is 22.0 Å². The molecule has 0 unspecified atom stereocenters. The van der Waals surface area contributed by atoms with Crippen LogP contribution in [-0.4, -0.2) is 34.3 Å². The molecule has 0 aliphatic heterocycles. The number of rotatable bonds is 6. The molecule has 1 heterocycles. The van der Waals surface area contributed by atoms with E-state index in [9.17, 15) is 30.0 Å². The van der Waals surface area contributed by atoms with Crippen LogP contribution in [-0.2, 0) is 26.2 Å². The topological polar surface area (TPSA) is 108 Å². The van der Waals surface area contributed by atoms with Crippen molar-refractivity contribution in [2.24, 2.45) is 0 Å². The Labute approximate surface area is 174 Å². The molecule has 0 bridgehead atoms. The van der Waals surface area contributed by atoms with Crippen molar-refractivity contribution in [1.29, 1.82) is 0 Å². The Morgan fingerprint density at radius 2 is 1.52 bits per heavy atom. The van der Waals surface area contributed by atoms with Crippen LogP contribution in [0.1, 0.15) is 5.56 Å². The third-order valence-corrected chi connectivity index (χ3v) is 4.78.